The number of aromatic nitrogens is 4. The fourth-order valence-corrected chi connectivity index (χ4v) is 2.98. The standard InChI is InChI=1S/C21H21N5O2/c1-27-17-8-18-16(12-25-21(18)26-13-17)7-14-3-5-19(22-9-14)23-10-15-4-6-20(28-2)24-11-15/h3-6,8-9,11-13H,7,10H2,1-2H3,(H,22,23)(H,25,26). The molecule has 0 atom stereocenters. The summed E-state index contributed by atoms with van der Waals surface area (Å²) in [4.78, 5) is 16.3. The number of hydrogen-bond acceptors (Lipinski definition) is 6. The van der Waals surface area contributed by atoms with Crippen LogP contribution in [0.5, 0.6) is 11.6 Å². The normalized spacial score (nSPS) is 10.8. The molecule has 0 aliphatic rings. The monoisotopic (exact) mass is 375 g/mol. The van der Waals surface area contributed by atoms with E-state index < -0.39 is 0 Å². The number of H-pyrrole nitrogens is 1. The van der Waals surface area contributed by atoms with Crippen molar-refractivity contribution in [3.8, 4) is 11.6 Å². The Bertz CT molecular complexity index is 1060. The molecule has 4 heterocycles. The zero-order valence-electron chi connectivity index (χ0n) is 15.8. The fraction of sp³-hybridized carbons (Fsp3) is 0.190. The first kappa shape index (κ1) is 17.8. The molecule has 7 nitrogen and oxygen atoms in total. The van der Waals surface area contributed by atoms with Crippen LogP contribution in [-0.4, -0.2) is 34.2 Å². The maximum atomic E-state index is 5.28. The number of rotatable bonds is 7. The molecule has 0 aliphatic carbocycles. The van der Waals surface area contributed by atoms with Gasteiger partial charge in [0.1, 0.15) is 17.2 Å². The maximum absolute atomic E-state index is 5.28. The van der Waals surface area contributed by atoms with E-state index in [9.17, 15) is 0 Å². The number of nitrogens with one attached hydrogen (secondary N) is 2. The fourth-order valence-electron chi connectivity index (χ4n) is 2.98. The lowest BCUT2D eigenvalue weighted by Crippen LogP contribution is -2.02. The van der Waals surface area contributed by atoms with Crippen LogP contribution in [0.4, 0.5) is 5.82 Å². The van der Waals surface area contributed by atoms with Crippen molar-refractivity contribution in [3.63, 3.8) is 0 Å². The number of fused-ring (bicyclic) bond motifs is 1. The number of aromatic amines is 1. The molecule has 0 spiro atoms. The van der Waals surface area contributed by atoms with Gasteiger partial charge in [-0.25, -0.2) is 15.0 Å². The molecule has 0 saturated carbocycles. The quantitative estimate of drug-likeness (QED) is 0.514. The second-order valence-corrected chi connectivity index (χ2v) is 6.38. The number of nitrogens with zero attached hydrogens (tertiary/aromatic N) is 3. The minimum atomic E-state index is 0.608. The molecule has 0 fully saturated rings. The van der Waals surface area contributed by atoms with Crippen molar-refractivity contribution in [1.29, 1.82) is 0 Å². The molecule has 7 heteroatoms. The SMILES string of the molecule is COc1cnc2[nH]cc(Cc3ccc(NCc4ccc(OC)nc4)nc3)c2c1. The predicted molar refractivity (Wildman–Crippen MR) is 108 cm³/mol. The molecule has 0 bridgehead atoms. The molecule has 0 aliphatic heterocycles. The molecule has 28 heavy (non-hydrogen) atoms. The zero-order chi connectivity index (χ0) is 19.3. The third-order valence-corrected chi connectivity index (χ3v) is 4.53. The largest absolute Gasteiger partial charge is 0.495 e. The summed E-state index contributed by atoms with van der Waals surface area (Å²) in [6.45, 7) is 0.650. The lowest BCUT2D eigenvalue weighted by atomic mass is 10.1. The molecule has 142 valence electrons. The maximum Gasteiger partial charge on any atom is 0.212 e. The zero-order valence-corrected chi connectivity index (χ0v) is 15.8. The highest BCUT2D eigenvalue weighted by Crippen LogP contribution is 2.23. The van der Waals surface area contributed by atoms with Crippen molar-refractivity contribution in [3.05, 3.63) is 71.8 Å². The molecule has 0 amide bonds. The topological polar surface area (TPSA) is 85.0 Å². The molecule has 2 N–H and O–H groups in total. The van der Waals surface area contributed by atoms with Crippen LogP contribution in [0, 0.1) is 0 Å². The Hall–Kier alpha value is -3.61. The lowest BCUT2D eigenvalue weighted by molar-refractivity contribution is 0.397. The van der Waals surface area contributed by atoms with Crippen LogP contribution in [0.15, 0.2) is 55.1 Å². The van der Waals surface area contributed by atoms with Gasteiger partial charge in [-0.3, -0.25) is 0 Å². The minimum Gasteiger partial charge on any atom is -0.495 e. The molecule has 0 aromatic carbocycles. The first-order valence-electron chi connectivity index (χ1n) is 8.93. The van der Waals surface area contributed by atoms with Gasteiger partial charge >= 0.3 is 0 Å². The summed E-state index contributed by atoms with van der Waals surface area (Å²) < 4.78 is 10.4. The van der Waals surface area contributed by atoms with Crippen molar-refractivity contribution in [2.24, 2.45) is 0 Å². The van der Waals surface area contributed by atoms with Crippen LogP contribution in [0.25, 0.3) is 11.0 Å². The molecule has 4 aromatic heterocycles. The highest BCUT2D eigenvalue weighted by Gasteiger charge is 2.08. The summed E-state index contributed by atoms with van der Waals surface area (Å²) in [6.07, 6.45) is 8.15. The average Bonchev–Trinajstić information content (AvgIpc) is 3.15. The van der Waals surface area contributed by atoms with Gasteiger partial charge in [0.2, 0.25) is 5.88 Å². The Labute approximate surface area is 162 Å². The van der Waals surface area contributed by atoms with Crippen molar-refractivity contribution in [2.45, 2.75) is 13.0 Å². The second kappa shape index (κ2) is 7.96. The number of pyridine rings is 3. The van der Waals surface area contributed by atoms with Gasteiger partial charge in [-0.15, -0.1) is 0 Å². The van der Waals surface area contributed by atoms with Crippen LogP contribution in [-0.2, 0) is 13.0 Å². The number of anilines is 1. The van der Waals surface area contributed by atoms with Crippen molar-refractivity contribution in [1.82, 2.24) is 19.9 Å². The molecule has 0 unspecified atom stereocenters. The number of ether oxygens (including phenoxy) is 2. The summed E-state index contributed by atoms with van der Waals surface area (Å²) in [5, 5.41) is 4.37. The summed E-state index contributed by atoms with van der Waals surface area (Å²) in [5.74, 6) is 2.18. The summed E-state index contributed by atoms with van der Waals surface area (Å²) in [7, 11) is 3.25. The van der Waals surface area contributed by atoms with Gasteiger partial charge < -0.3 is 19.8 Å². The van der Waals surface area contributed by atoms with Gasteiger partial charge in [0.25, 0.3) is 0 Å². The van der Waals surface area contributed by atoms with Crippen LogP contribution in [0.3, 0.4) is 0 Å². The van der Waals surface area contributed by atoms with E-state index in [0.717, 1.165) is 45.7 Å². The van der Waals surface area contributed by atoms with Gasteiger partial charge in [0.05, 0.1) is 20.4 Å². The third kappa shape index (κ3) is 3.88. The Kier molecular flexibility index (Phi) is 5.05. The van der Waals surface area contributed by atoms with Crippen LogP contribution >= 0.6 is 0 Å². The smallest absolute Gasteiger partial charge is 0.212 e. The van der Waals surface area contributed by atoms with Gasteiger partial charge in [-0.1, -0.05) is 12.1 Å². The van der Waals surface area contributed by atoms with Gasteiger partial charge in [0, 0.05) is 43.0 Å². The van der Waals surface area contributed by atoms with E-state index in [4.69, 9.17) is 9.47 Å². The molecule has 4 aromatic rings. The number of methoxy groups -OCH3 is 2. The Balaban J connectivity index is 1.41. The van der Waals surface area contributed by atoms with E-state index in [-0.39, 0.29) is 0 Å². The second-order valence-electron chi connectivity index (χ2n) is 6.38. The van der Waals surface area contributed by atoms with Gasteiger partial charge in [0.15, 0.2) is 0 Å². The molecule has 0 saturated heterocycles. The molecular formula is C21H21N5O2. The Morgan fingerprint density at radius 2 is 1.79 bits per heavy atom. The van der Waals surface area contributed by atoms with Gasteiger partial charge in [-0.2, -0.15) is 0 Å². The van der Waals surface area contributed by atoms with E-state index >= 15 is 0 Å². The van der Waals surface area contributed by atoms with Crippen LogP contribution < -0.4 is 14.8 Å². The van der Waals surface area contributed by atoms with Crippen molar-refractivity contribution < 1.29 is 9.47 Å². The van der Waals surface area contributed by atoms with E-state index in [1.165, 1.54) is 0 Å². The Morgan fingerprint density at radius 3 is 2.50 bits per heavy atom. The third-order valence-electron chi connectivity index (χ3n) is 4.53. The summed E-state index contributed by atoms with van der Waals surface area (Å²) in [6, 6.07) is 9.89. The van der Waals surface area contributed by atoms with E-state index in [2.05, 4.69) is 31.3 Å². The van der Waals surface area contributed by atoms with E-state index in [1.54, 1.807) is 26.6 Å². The number of hydrogen-bond donors (Lipinski definition) is 2. The van der Waals surface area contributed by atoms with Crippen molar-refractivity contribution >= 4 is 16.9 Å². The van der Waals surface area contributed by atoms with Crippen molar-refractivity contribution in [2.75, 3.05) is 19.5 Å². The summed E-state index contributed by atoms with van der Waals surface area (Å²) in [5.41, 5.74) is 4.20. The van der Waals surface area contributed by atoms with E-state index in [1.807, 2.05) is 36.7 Å². The van der Waals surface area contributed by atoms with Crippen LogP contribution in [0.1, 0.15) is 16.7 Å². The van der Waals surface area contributed by atoms with E-state index in [0.29, 0.717) is 12.4 Å². The summed E-state index contributed by atoms with van der Waals surface area (Å²) >= 11 is 0. The molecular weight excluding hydrogens is 354 g/mol. The molecule has 0 radical (unpaired) electrons. The highest BCUT2D eigenvalue weighted by atomic mass is 16.5. The predicted octanol–water partition coefficient (Wildman–Crippen LogP) is 3.57. The first-order chi connectivity index (χ1) is 13.7. The minimum absolute atomic E-state index is 0.608. The molecule has 4 rings (SSSR count). The average molecular weight is 375 g/mol. The highest BCUT2D eigenvalue weighted by molar-refractivity contribution is 5.81. The lowest BCUT2D eigenvalue weighted by Gasteiger charge is -2.07. The van der Waals surface area contributed by atoms with Gasteiger partial charge in [-0.05, 0) is 28.8 Å². The van der Waals surface area contributed by atoms with Crippen LogP contribution in [0.2, 0.25) is 0 Å². The Morgan fingerprint density at radius 1 is 0.929 bits per heavy atom. The first-order valence-corrected chi connectivity index (χ1v) is 8.93.